The van der Waals surface area contributed by atoms with Crippen molar-refractivity contribution in [3.8, 4) is 22.9 Å². The molecule has 0 radical (unpaired) electrons. The highest BCUT2D eigenvalue weighted by molar-refractivity contribution is 5.63. The molecule has 2 aromatic rings. The van der Waals surface area contributed by atoms with E-state index < -0.39 is 0 Å². The number of rotatable bonds is 5. The van der Waals surface area contributed by atoms with Crippen LogP contribution in [0.5, 0.6) is 11.5 Å². The molecule has 7 nitrogen and oxygen atoms in total. The highest BCUT2D eigenvalue weighted by Crippen LogP contribution is 2.31. The summed E-state index contributed by atoms with van der Waals surface area (Å²) >= 11 is 0. The van der Waals surface area contributed by atoms with E-state index in [2.05, 4.69) is 20.3 Å². The molecule has 0 saturated heterocycles. The lowest BCUT2D eigenvalue weighted by molar-refractivity contribution is 0.355. The largest absolute Gasteiger partial charge is 0.493 e. The Kier molecular flexibility index (Phi) is 4.42. The van der Waals surface area contributed by atoms with Crippen molar-refractivity contribution in [3.05, 3.63) is 18.2 Å². The van der Waals surface area contributed by atoms with Gasteiger partial charge in [-0.1, -0.05) is 0 Å². The fraction of sp³-hybridized carbons (Fsp3) is 0.357. The summed E-state index contributed by atoms with van der Waals surface area (Å²) in [5.74, 6) is 2.96. The number of hydrogen-bond acceptors (Lipinski definition) is 7. The molecule has 0 fully saturated rings. The zero-order valence-corrected chi connectivity index (χ0v) is 12.8. The smallest absolute Gasteiger partial charge is 0.230 e. The normalized spacial score (nSPS) is 10.1. The van der Waals surface area contributed by atoms with E-state index in [-0.39, 0.29) is 0 Å². The lowest BCUT2D eigenvalue weighted by Crippen LogP contribution is -2.15. The highest BCUT2D eigenvalue weighted by Gasteiger charge is 2.12. The summed E-state index contributed by atoms with van der Waals surface area (Å²) < 4.78 is 10.5. The second kappa shape index (κ2) is 6.25. The Bertz CT molecular complexity index is 631. The van der Waals surface area contributed by atoms with Crippen molar-refractivity contribution in [2.24, 2.45) is 0 Å². The average Bonchev–Trinajstić information content (AvgIpc) is 2.53. The second-order valence-electron chi connectivity index (χ2n) is 4.50. The molecule has 0 saturated carbocycles. The number of benzene rings is 1. The molecule has 1 aromatic carbocycles. The molecule has 112 valence electrons. The van der Waals surface area contributed by atoms with Crippen LogP contribution < -0.4 is 19.7 Å². The Balaban J connectivity index is 2.52. The quantitative estimate of drug-likeness (QED) is 0.897. The van der Waals surface area contributed by atoms with Crippen LogP contribution in [0.4, 0.5) is 11.9 Å². The maximum Gasteiger partial charge on any atom is 0.230 e. The van der Waals surface area contributed by atoms with E-state index in [1.807, 2.05) is 37.2 Å². The maximum absolute atomic E-state index is 5.31. The van der Waals surface area contributed by atoms with E-state index in [4.69, 9.17) is 9.47 Å². The van der Waals surface area contributed by atoms with Crippen molar-refractivity contribution in [2.75, 3.05) is 45.6 Å². The van der Waals surface area contributed by atoms with Gasteiger partial charge in [0, 0.05) is 26.7 Å². The van der Waals surface area contributed by atoms with E-state index in [9.17, 15) is 0 Å². The minimum absolute atomic E-state index is 0.512. The fourth-order valence-electron chi connectivity index (χ4n) is 1.78. The average molecular weight is 289 g/mol. The molecule has 7 heteroatoms. The Labute approximate surface area is 124 Å². The van der Waals surface area contributed by atoms with E-state index in [1.54, 1.807) is 21.3 Å². The predicted octanol–water partition coefficient (Wildman–Crippen LogP) is 1.66. The first-order valence-electron chi connectivity index (χ1n) is 6.42. The molecular formula is C14H19N5O2. The third-order valence-electron chi connectivity index (χ3n) is 2.89. The van der Waals surface area contributed by atoms with Crippen LogP contribution in [0.15, 0.2) is 18.2 Å². The van der Waals surface area contributed by atoms with Crippen molar-refractivity contribution in [2.45, 2.75) is 0 Å². The predicted molar refractivity (Wildman–Crippen MR) is 82.2 cm³/mol. The zero-order chi connectivity index (χ0) is 15.4. The van der Waals surface area contributed by atoms with Crippen LogP contribution in [0.3, 0.4) is 0 Å². The summed E-state index contributed by atoms with van der Waals surface area (Å²) in [6.07, 6.45) is 0. The number of hydrogen-bond donors (Lipinski definition) is 1. The maximum atomic E-state index is 5.31. The summed E-state index contributed by atoms with van der Waals surface area (Å²) in [5, 5.41) is 2.94. The second-order valence-corrected chi connectivity index (χ2v) is 4.50. The molecule has 1 aromatic heterocycles. The van der Waals surface area contributed by atoms with Gasteiger partial charge in [-0.05, 0) is 18.2 Å². The van der Waals surface area contributed by atoms with Gasteiger partial charge in [-0.15, -0.1) is 0 Å². The molecule has 0 atom stereocenters. The minimum atomic E-state index is 0.512. The zero-order valence-electron chi connectivity index (χ0n) is 12.8. The van der Waals surface area contributed by atoms with E-state index in [0.29, 0.717) is 29.2 Å². The van der Waals surface area contributed by atoms with Gasteiger partial charge in [-0.2, -0.15) is 15.0 Å². The number of anilines is 2. The van der Waals surface area contributed by atoms with Gasteiger partial charge in [0.1, 0.15) is 0 Å². The molecule has 0 unspecified atom stereocenters. The molecule has 0 spiro atoms. The molecular weight excluding hydrogens is 270 g/mol. The number of nitrogens with one attached hydrogen (secondary N) is 1. The van der Waals surface area contributed by atoms with E-state index >= 15 is 0 Å². The SMILES string of the molecule is CNc1nc(-c2ccc(OC)c(OC)c2)nc(N(C)C)n1. The van der Waals surface area contributed by atoms with Gasteiger partial charge in [0.25, 0.3) is 0 Å². The third-order valence-corrected chi connectivity index (χ3v) is 2.89. The Morgan fingerprint density at radius 2 is 1.71 bits per heavy atom. The number of nitrogens with zero attached hydrogens (tertiary/aromatic N) is 4. The monoisotopic (exact) mass is 289 g/mol. The Morgan fingerprint density at radius 1 is 1.00 bits per heavy atom. The van der Waals surface area contributed by atoms with Crippen LogP contribution in [-0.2, 0) is 0 Å². The van der Waals surface area contributed by atoms with Gasteiger partial charge < -0.3 is 19.7 Å². The summed E-state index contributed by atoms with van der Waals surface area (Å²) in [7, 11) is 8.73. The molecule has 2 rings (SSSR count). The molecule has 1 heterocycles. The molecule has 0 aliphatic carbocycles. The topological polar surface area (TPSA) is 72.4 Å². The van der Waals surface area contributed by atoms with Gasteiger partial charge in [-0.25, -0.2) is 0 Å². The van der Waals surface area contributed by atoms with E-state index in [1.165, 1.54) is 0 Å². The van der Waals surface area contributed by atoms with Gasteiger partial charge >= 0.3 is 0 Å². The third kappa shape index (κ3) is 3.13. The standard InChI is InChI=1S/C14H19N5O2/c1-15-13-16-12(17-14(18-13)19(2)3)9-6-7-10(20-4)11(8-9)21-5/h6-8H,1-5H3,(H,15,16,17,18). The summed E-state index contributed by atoms with van der Waals surface area (Å²) in [5.41, 5.74) is 0.828. The van der Waals surface area contributed by atoms with Crippen LogP contribution in [0, 0.1) is 0 Å². The first-order valence-corrected chi connectivity index (χ1v) is 6.42. The van der Waals surface area contributed by atoms with Gasteiger partial charge in [-0.3, -0.25) is 0 Å². The highest BCUT2D eigenvalue weighted by atomic mass is 16.5. The van der Waals surface area contributed by atoms with Crippen molar-refractivity contribution >= 4 is 11.9 Å². The first-order chi connectivity index (χ1) is 10.1. The summed E-state index contributed by atoms with van der Waals surface area (Å²) in [4.78, 5) is 14.9. The van der Waals surface area contributed by atoms with Crippen LogP contribution in [0.25, 0.3) is 11.4 Å². The number of aromatic nitrogens is 3. The lowest BCUT2D eigenvalue weighted by atomic mass is 10.2. The van der Waals surface area contributed by atoms with Gasteiger partial charge in [0.05, 0.1) is 14.2 Å². The van der Waals surface area contributed by atoms with Crippen LogP contribution in [0.2, 0.25) is 0 Å². The molecule has 0 bridgehead atoms. The summed E-state index contributed by atoms with van der Waals surface area (Å²) in [6.45, 7) is 0. The minimum Gasteiger partial charge on any atom is -0.493 e. The summed E-state index contributed by atoms with van der Waals surface area (Å²) in [6, 6.07) is 5.55. The van der Waals surface area contributed by atoms with Crippen molar-refractivity contribution in [3.63, 3.8) is 0 Å². The van der Waals surface area contributed by atoms with Crippen molar-refractivity contribution in [1.82, 2.24) is 15.0 Å². The fourth-order valence-corrected chi connectivity index (χ4v) is 1.78. The Hall–Kier alpha value is -2.57. The van der Waals surface area contributed by atoms with Crippen LogP contribution in [-0.4, -0.2) is 50.3 Å². The number of methoxy groups -OCH3 is 2. The Morgan fingerprint density at radius 3 is 2.29 bits per heavy atom. The molecule has 21 heavy (non-hydrogen) atoms. The molecule has 0 amide bonds. The van der Waals surface area contributed by atoms with Crippen LogP contribution in [0.1, 0.15) is 0 Å². The molecule has 0 aliphatic heterocycles. The molecule has 1 N–H and O–H groups in total. The first kappa shape index (κ1) is 14.8. The van der Waals surface area contributed by atoms with E-state index in [0.717, 1.165) is 5.56 Å². The van der Waals surface area contributed by atoms with Crippen molar-refractivity contribution in [1.29, 1.82) is 0 Å². The van der Waals surface area contributed by atoms with Crippen LogP contribution >= 0.6 is 0 Å². The number of ether oxygens (including phenoxy) is 2. The van der Waals surface area contributed by atoms with Gasteiger partial charge in [0.2, 0.25) is 11.9 Å². The molecule has 0 aliphatic rings. The lowest BCUT2D eigenvalue weighted by Gasteiger charge is -2.13. The van der Waals surface area contributed by atoms with Gasteiger partial charge in [0.15, 0.2) is 17.3 Å². The van der Waals surface area contributed by atoms with Crippen molar-refractivity contribution < 1.29 is 9.47 Å².